The minimum absolute atomic E-state index is 0.0101. The summed E-state index contributed by atoms with van der Waals surface area (Å²) in [6.07, 6.45) is 8.87. The van der Waals surface area contributed by atoms with E-state index in [1.54, 1.807) is 0 Å². The first kappa shape index (κ1) is 27.4. The van der Waals surface area contributed by atoms with Gasteiger partial charge in [-0.25, -0.2) is 0 Å². The normalized spacial score (nSPS) is 21.1. The summed E-state index contributed by atoms with van der Waals surface area (Å²) in [4.78, 5) is 33.9. The van der Waals surface area contributed by atoms with E-state index in [0.29, 0.717) is 53.4 Å². The average molecular weight is 559 g/mol. The molecule has 0 N–H and O–H groups in total. The van der Waals surface area contributed by atoms with Gasteiger partial charge in [0.1, 0.15) is 0 Å². The highest BCUT2D eigenvalue weighted by Gasteiger charge is 2.30. The molecule has 3 aliphatic rings. The number of morpholine rings is 1. The lowest BCUT2D eigenvalue weighted by atomic mass is 9.85. The number of hydrogen-bond acceptors (Lipinski definition) is 5. The van der Waals surface area contributed by atoms with Crippen LogP contribution in [0.15, 0.2) is 93.3 Å². The number of aliphatic imine (C=N–C) groups is 1. The second-order valence-corrected chi connectivity index (χ2v) is 11.4. The molecule has 2 aromatic carbocycles. The van der Waals surface area contributed by atoms with Crippen LogP contribution in [0.25, 0.3) is 5.57 Å². The maximum absolute atomic E-state index is 13.4. The Bertz CT molecular complexity index is 1410. The third-order valence-electron chi connectivity index (χ3n) is 7.07. The fourth-order valence-electron chi connectivity index (χ4n) is 4.74. The molecule has 0 bridgehead atoms. The predicted octanol–water partition coefficient (Wildman–Crippen LogP) is 6.87. The van der Waals surface area contributed by atoms with Crippen molar-refractivity contribution in [3.05, 3.63) is 111 Å². The maximum atomic E-state index is 13.4. The van der Waals surface area contributed by atoms with Crippen LogP contribution >= 0.6 is 23.4 Å². The van der Waals surface area contributed by atoms with Crippen LogP contribution in [0, 0.1) is 19.8 Å². The van der Waals surface area contributed by atoms with Crippen molar-refractivity contribution in [2.45, 2.75) is 26.7 Å². The van der Waals surface area contributed by atoms with E-state index in [1.807, 2.05) is 86.7 Å². The fourth-order valence-corrected chi connectivity index (χ4v) is 5.94. The summed E-state index contributed by atoms with van der Waals surface area (Å²) in [5.41, 5.74) is 5.56. The zero-order valence-corrected chi connectivity index (χ0v) is 23.7. The second kappa shape index (κ2) is 12.3. The van der Waals surface area contributed by atoms with Crippen molar-refractivity contribution in [1.29, 1.82) is 0 Å². The Kier molecular flexibility index (Phi) is 8.66. The standard InChI is InChI=1S/C32H31ClN2O3S/c1-21-3-7-24(8-4-21)28(30-31(37)34-32(39-30)35-15-17-38-18-16-35)19-26(23-11-13-27(33)14-12-23)20-29(36)25-9-5-22(2)6-10-25/h3-11,13-14,19,23H,12,15-18,20H2,1-2H3/b26-19+,30-28-. The van der Waals surface area contributed by atoms with Gasteiger partial charge in [-0.2, -0.15) is 4.99 Å². The van der Waals surface area contributed by atoms with Crippen molar-refractivity contribution in [2.75, 3.05) is 26.3 Å². The van der Waals surface area contributed by atoms with Gasteiger partial charge in [0.25, 0.3) is 5.91 Å². The number of nitrogens with zero attached hydrogens (tertiary/aromatic N) is 2. The maximum Gasteiger partial charge on any atom is 0.286 e. The Morgan fingerprint density at radius 2 is 1.69 bits per heavy atom. The van der Waals surface area contributed by atoms with E-state index < -0.39 is 0 Å². The molecule has 1 unspecified atom stereocenters. The average Bonchev–Trinajstić information content (AvgIpc) is 3.34. The van der Waals surface area contributed by atoms with E-state index in [2.05, 4.69) is 9.89 Å². The van der Waals surface area contributed by atoms with E-state index >= 15 is 0 Å². The van der Waals surface area contributed by atoms with E-state index in [0.717, 1.165) is 27.8 Å². The zero-order valence-electron chi connectivity index (χ0n) is 22.2. The van der Waals surface area contributed by atoms with Gasteiger partial charge in [0.05, 0.1) is 18.1 Å². The van der Waals surface area contributed by atoms with Gasteiger partial charge >= 0.3 is 0 Å². The Hall–Kier alpha value is -3.19. The van der Waals surface area contributed by atoms with Gasteiger partial charge in [-0.3, -0.25) is 9.59 Å². The minimum Gasteiger partial charge on any atom is -0.378 e. The molecule has 5 nitrogen and oxygen atoms in total. The Morgan fingerprint density at radius 3 is 2.31 bits per heavy atom. The number of carbonyl (C=O) groups is 2. The van der Waals surface area contributed by atoms with Crippen LogP contribution in [-0.2, 0) is 9.53 Å². The highest BCUT2D eigenvalue weighted by molar-refractivity contribution is 8.18. The topological polar surface area (TPSA) is 59.0 Å². The molecule has 2 aromatic rings. The number of allylic oxidation sites excluding steroid dienone is 7. The summed E-state index contributed by atoms with van der Waals surface area (Å²) in [6, 6.07) is 15.8. The van der Waals surface area contributed by atoms with Crippen molar-refractivity contribution in [3.8, 4) is 0 Å². The quantitative estimate of drug-likeness (QED) is 0.286. The first-order chi connectivity index (χ1) is 18.9. The molecule has 1 atom stereocenters. The molecule has 0 spiro atoms. The Labute approximate surface area is 239 Å². The molecule has 2 heterocycles. The molecule has 2 aliphatic heterocycles. The zero-order chi connectivity index (χ0) is 27.4. The second-order valence-electron chi connectivity index (χ2n) is 9.99. The third kappa shape index (κ3) is 6.70. The first-order valence-corrected chi connectivity index (χ1v) is 14.4. The van der Waals surface area contributed by atoms with Crippen molar-refractivity contribution < 1.29 is 14.3 Å². The van der Waals surface area contributed by atoms with Crippen molar-refractivity contribution in [2.24, 2.45) is 10.9 Å². The predicted molar refractivity (Wildman–Crippen MR) is 160 cm³/mol. The lowest BCUT2D eigenvalue weighted by molar-refractivity contribution is -0.113. The summed E-state index contributed by atoms with van der Waals surface area (Å²) in [5.74, 6) is -0.219. The van der Waals surface area contributed by atoms with Gasteiger partial charge in [0, 0.05) is 41.6 Å². The van der Waals surface area contributed by atoms with Crippen LogP contribution in [-0.4, -0.2) is 48.1 Å². The lowest BCUT2D eigenvalue weighted by Crippen LogP contribution is -2.38. The van der Waals surface area contributed by atoms with Crippen LogP contribution in [0.2, 0.25) is 0 Å². The summed E-state index contributed by atoms with van der Waals surface area (Å²) in [5, 5.41) is 1.40. The van der Waals surface area contributed by atoms with Gasteiger partial charge in [-0.05, 0) is 43.7 Å². The molecule has 1 aliphatic carbocycles. The SMILES string of the molecule is Cc1ccc(C(=O)C/C(=C\C(=C2\SC(N3CCOCC3)=NC2=O)c2ccc(C)cc2)C2C=CC(Cl)=CC2)cc1. The summed E-state index contributed by atoms with van der Waals surface area (Å²) in [6.45, 7) is 6.69. The van der Waals surface area contributed by atoms with E-state index in [-0.39, 0.29) is 24.0 Å². The minimum atomic E-state index is -0.250. The largest absolute Gasteiger partial charge is 0.378 e. The Morgan fingerprint density at radius 1 is 1.05 bits per heavy atom. The number of amidine groups is 1. The van der Waals surface area contributed by atoms with Crippen LogP contribution in [0.1, 0.15) is 39.9 Å². The number of rotatable bonds is 6. The molecular weight excluding hydrogens is 528 g/mol. The third-order valence-corrected chi connectivity index (χ3v) is 8.48. The Balaban J connectivity index is 1.56. The summed E-state index contributed by atoms with van der Waals surface area (Å²) in [7, 11) is 0. The molecule has 1 fully saturated rings. The number of aryl methyl sites for hydroxylation is 2. The van der Waals surface area contributed by atoms with Crippen molar-refractivity contribution >= 4 is 45.8 Å². The number of benzene rings is 2. The molecular formula is C32H31ClN2O3S. The molecule has 5 rings (SSSR count). The van der Waals surface area contributed by atoms with Gasteiger partial charge < -0.3 is 9.64 Å². The van der Waals surface area contributed by atoms with Gasteiger partial charge in [0.15, 0.2) is 11.0 Å². The van der Waals surface area contributed by atoms with Crippen LogP contribution in [0.4, 0.5) is 0 Å². The first-order valence-electron chi connectivity index (χ1n) is 13.2. The summed E-state index contributed by atoms with van der Waals surface area (Å²) >= 11 is 7.64. The van der Waals surface area contributed by atoms with E-state index in [4.69, 9.17) is 16.3 Å². The van der Waals surface area contributed by atoms with Crippen molar-refractivity contribution in [1.82, 2.24) is 4.90 Å². The monoisotopic (exact) mass is 558 g/mol. The molecule has 7 heteroatoms. The van der Waals surface area contributed by atoms with E-state index in [1.165, 1.54) is 11.8 Å². The molecule has 0 saturated carbocycles. The van der Waals surface area contributed by atoms with Crippen LogP contribution < -0.4 is 0 Å². The number of halogens is 1. The molecule has 1 saturated heterocycles. The molecule has 0 aromatic heterocycles. The number of hydrogen-bond donors (Lipinski definition) is 0. The number of Topliss-reactive ketones (excluding diaryl/α,β-unsaturated/α-hetero) is 1. The molecule has 200 valence electrons. The number of thioether (sulfide) groups is 1. The number of amides is 1. The van der Waals surface area contributed by atoms with Gasteiger partial charge in [-0.15, -0.1) is 0 Å². The fraction of sp³-hybridized carbons (Fsp3) is 0.281. The number of ether oxygens (including phenoxy) is 1. The molecule has 0 radical (unpaired) electrons. The summed E-state index contributed by atoms with van der Waals surface area (Å²) < 4.78 is 5.48. The van der Waals surface area contributed by atoms with Gasteiger partial charge in [0.2, 0.25) is 0 Å². The number of ketones is 1. The highest BCUT2D eigenvalue weighted by atomic mass is 35.5. The number of carbonyl (C=O) groups excluding carboxylic acids is 2. The van der Waals surface area contributed by atoms with Crippen LogP contribution in [0.5, 0.6) is 0 Å². The lowest BCUT2D eigenvalue weighted by Gasteiger charge is -2.27. The smallest absolute Gasteiger partial charge is 0.286 e. The molecule has 1 amide bonds. The molecule has 39 heavy (non-hydrogen) atoms. The van der Waals surface area contributed by atoms with Gasteiger partial charge in [-0.1, -0.05) is 95.1 Å². The highest BCUT2D eigenvalue weighted by Crippen LogP contribution is 2.38. The van der Waals surface area contributed by atoms with E-state index in [9.17, 15) is 9.59 Å². The van der Waals surface area contributed by atoms with Crippen molar-refractivity contribution in [3.63, 3.8) is 0 Å². The van der Waals surface area contributed by atoms with Crippen LogP contribution in [0.3, 0.4) is 0 Å².